The lowest BCUT2D eigenvalue weighted by Gasteiger charge is -2.41. The van der Waals surface area contributed by atoms with Gasteiger partial charge in [-0.05, 0) is 75.4 Å². The maximum absolute atomic E-state index is 10.4. The van der Waals surface area contributed by atoms with Crippen molar-refractivity contribution < 1.29 is 4.74 Å². The summed E-state index contributed by atoms with van der Waals surface area (Å²) in [5, 5.41) is 10.4. The molecule has 3 heteroatoms. The number of likely N-dealkylation sites (tertiary alicyclic amines) is 1. The second-order valence-electron chi connectivity index (χ2n) is 10.0. The van der Waals surface area contributed by atoms with Crippen LogP contribution in [0.4, 0.5) is 0 Å². The van der Waals surface area contributed by atoms with Crippen LogP contribution in [0.5, 0.6) is 5.75 Å². The molecule has 4 rings (SSSR count). The van der Waals surface area contributed by atoms with Gasteiger partial charge in [0.2, 0.25) is 0 Å². The molecule has 1 heterocycles. The van der Waals surface area contributed by atoms with Crippen LogP contribution in [0, 0.1) is 30.6 Å². The molecule has 2 aromatic carbocycles. The molecule has 1 aliphatic carbocycles. The molecule has 0 amide bonds. The Morgan fingerprint density at radius 1 is 0.969 bits per heavy atom. The van der Waals surface area contributed by atoms with E-state index < -0.39 is 0 Å². The lowest BCUT2D eigenvalue weighted by atomic mass is 9.64. The fourth-order valence-corrected chi connectivity index (χ4v) is 5.73. The summed E-state index contributed by atoms with van der Waals surface area (Å²) in [7, 11) is 0. The summed E-state index contributed by atoms with van der Waals surface area (Å²) in [6.45, 7) is 8.20. The number of hydrogen-bond acceptors (Lipinski definition) is 3. The predicted octanol–water partition coefficient (Wildman–Crippen LogP) is 6.93. The summed E-state index contributed by atoms with van der Waals surface area (Å²) in [5.74, 6) is 1.22. The van der Waals surface area contributed by atoms with Gasteiger partial charge in [-0.3, -0.25) is 0 Å². The zero-order valence-electron chi connectivity index (χ0n) is 19.9. The molecule has 1 unspecified atom stereocenters. The van der Waals surface area contributed by atoms with Gasteiger partial charge in [0.1, 0.15) is 12.4 Å². The molecule has 0 bridgehead atoms. The van der Waals surface area contributed by atoms with Gasteiger partial charge in [-0.1, -0.05) is 67.6 Å². The van der Waals surface area contributed by atoms with E-state index >= 15 is 0 Å². The lowest BCUT2D eigenvalue weighted by Crippen LogP contribution is -2.40. The molecular formula is C29H38N2O. The van der Waals surface area contributed by atoms with Crippen LogP contribution < -0.4 is 4.74 Å². The van der Waals surface area contributed by atoms with Crippen molar-refractivity contribution in [2.45, 2.75) is 77.7 Å². The van der Waals surface area contributed by atoms with E-state index in [4.69, 9.17) is 4.74 Å². The minimum Gasteiger partial charge on any atom is -0.489 e. The topological polar surface area (TPSA) is 36.3 Å². The molecule has 2 fully saturated rings. The van der Waals surface area contributed by atoms with Gasteiger partial charge >= 0.3 is 0 Å². The molecule has 0 spiro atoms. The van der Waals surface area contributed by atoms with E-state index in [1.807, 2.05) is 0 Å². The smallest absolute Gasteiger partial charge is 0.122 e. The number of benzene rings is 2. The molecule has 2 aliphatic rings. The minimum absolute atomic E-state index is 0.230. The van der Waals surface area contributed by atoms with Crippen molar-refractivity contribution in [2.75, 3.05) is 19.6 Å². The molecule has 1 aliphatic heterocycles. The van der Waals surface area contributed by atoms with E-state index in [9.17, 15) is 5.26 Å². The number of nitrogens with zero attached hydrogens (tertiary/aromatic N) is 2. The van der Waals surface area contributed by atoms with Crippen LogP contribution >= 0.6 is 0 Å². The molecule has 1 saturated heterocycles. The molecule has 32 heavy (non-hydrogen) atoms. The van der Waals surface area contributed by atoms with Crippen LogP contribution in [0.3, 0.4) is 0 Å². The van der Waals surface area contributed by atoms with Gasteiger partial charge in [0, 0.05) is 12.5 Å². The zero-order chi connectivity index (χ0) is 22.4. The normalized spacial score (nSPS) is 19.8. The number of ether oxygens (including phenoxy) is 1. The Balaban J connectivity index is 1.56. The third-order valence-electron chi connectivity index (χ3n) is 7.60. The number of nitriles is 1. The minimum atomic E-state index is -0.230. The highest BCUT2D eigenvalue weighted by Gasteiger charge is 2.42. The molecular weight excluding hydrogens is 392 g/mol. The maximum Gasteiger partial charge on any atom is 0.122 e. The van der Waals surface area contributed by atoms with Gasteiger partial charge < -0.3 is 9.64 Å². The SMILES string of the molecule is Cc1cccc(COc2ccc(C(CN3CCCCC3)C3(C#N)CCCCC3)cc2C)c1. The number of hydrogen-bond donors (Lipinski definition) is 0. The Kier molecular flexibility index (Phi) is 7.53. The quantitative estimate of drug-likeness (QED) is 0.478. The fraction of sp³-hybridized carbons (Fsp3) is 0.552. The van der Waals surface area contributed by atoms with Crippen LogP contribution in [-0.2, 0) is 6.61 Å². The van der Waals surface area contributed by atoms with E-state index in [1.165, 1.54) is 73.9 Å². The first-order chi connectivity index (χ1) is 15.6. The van der Waals surface area contributed by atoms with E-state index in [-0.39, 0.29) is 11.3 Å². The fourth-order valence-electron chi connectivity index (χ4n) is 5.73. The maximum atomic E-state index is 10.4. The van der Waals surface area contributed by atoms with Crippen LogP contribution in [0.2, 0.25) is 0 Å². The lowest BCUT2D eigenvalue weighted by molar-refractivity contribution is 0.144. The van der Waals surface area contributed by atoms with E-state index in [0.717, 1.165) is 25.1 Å². The van der Waals surface area contributed by atoms with Crippen molar-refractivity contribution in [1.82, 2.24) is 4.90 Å². The highest BCUT2D eigenvalue weighted by Crippen LogP contribution is 2.48. The standard InChI is InChI=1S/C29H38N2O/c1-23-10-9-11-25(18-23)21-32-28-13-12-26(19-24(28)2)27(20-31-16-7-4-8-17-31)29(22-30)14-5-3-6-15-29/h9-13,18-19,27H,3-8,14-17,20-21H2,1-2H3. The monoisotopic (exact) mass is 430 g/mol. The highest BCUT2D eigenvalue weighted by atomic mass is 16.5. The van der Waals surface area contributed by atoms with E-state index in [1.54, 1.807) is 0 Å². The third-order valence-corrected chi connectivity index (χ3v) is 7.60. The molecule has 0 radical (unpaired) electrons. The van der Waals surface area contributed by atoms with E-state index in [0.29, 0.717) is 6.61 Å². The number of piperidine rings is 1. The number of aryl methyl sites for hydroxylation is 2. The summed E-state index contributed by atoms with van der Waals surface area (Å²) in [6.07, 6.45) is 9.62. The summed E-state index contributed by atoms with van der Waals surface area (Å²) in [5.41, 5.74) is 4.71. The van der Waals surface area contributed by atoms with Crippen molar-refractivity contribution in [3.63, 3.8) is 0 Å². The zero-order valence-corrected chi connectivity index (χ0v) is 19.9. The molecule has 0 aromatic heterocycles. The second kappa shape index (κ2) is 10.5. The van der Waals surface area contributed by atoms with Gasteiger partial charge in [-0.25, -0.2) is 0 Å². The van der Waals surface area contributed by atoms with Crippen LogP contribution in [-0.4, -0.2) is 24.5 Å². The molecule has 1 saturated carbocycles. The Labute approximate surface area is 194 Å². The van der Waals surface area contributed by atoms with Crippen LogP contribution in [0.1, 0.15) is 79.5 Å². The van der Waals surface area contributed by atoms with Crippen molar-refractivity contribution in [1.29, 1.82) is 5.26 Å². The Hall–Kier alpha value is -2.31. The van der Waals surface area contributed by atoms with Crippen LogP contribution in [0.25, 0.3) is 0 Å². The van der Waals surface area contributed by atoms with Gasteiger partial charge in [-0.15, -0.1) is 0 Å². The third kappa shape index (κ3) is 5.36. The van der Waals surface area contributed by atoms with Gasteiger partial charge in [0.25, 0.3) is 0 Å². The summed E-state index contributed by atoms with van der Waals surface area (Å²) < 4.78 is 6.18. The van der Waals surface area contributed by atoms with Crippen molar-refractivity contribution >= 4 is 0 Å². The van der Waals surface area contributed by atoms with Crippen molar-refractivity contribution in [3.05, 3.63) is 64.7 Å². The van der Waals surface area contributed by atoms with Crippen molar-refractivity contribution in [2.24, 2.45) is 5.41 Å². The number of rotatable bonds is 7. The Bertz CT molecular complexity index is 932. The Morgan fingerprint density at radius 3 is 2.41 bits per heavy atom. The largest absolute Gasteiger partial charge is 0.489 e. The molecule has 0 N–H and O–H groups in total. The predicted molar refractivity (Wildman–Crippen MR) is 131 cm³/mol. The molecule has 2 aromatic rings. The summed E-state index contributed by atoms with van der Waals surface area (Å²) in [6, 6.07) is 18.0. The second-order valence-corrected chi connectivity index (χ2v) is 10.0. The first-order valence-electron chi connectivity index (χ1n) is 12.5. The Morgan fingerprint density at radius 2 is 1.72 bits per heavy atom. The average molecular weight is 431 g/mol. The van der Waals surface area contributed by atoms with E-state index in [2.05, 4.69) is 67.3 Å². The first kappa shape index (κ1) is 22.9. The summed E-state index contributed by atoms with van der Waals surface area (Å²) in [4.78, 5) is 2.61. The first-order valence-corrected chi connectivity index (χ1v) is 12.5. The summed E-state index contributed by atoms with van der Waals surface area (Å²) >= 11 is 0. The van der Waals surface area contributed by atoms with Gasteiger partial charge in [0.05, 0.1) is 11.5 Å². The van der Waals surface area contributed by atoms with Crippen molar-refractivity contribution in [3.8, 4) is 11.8 Å². The van der Waals surface area contributed by atoms with Crippen LogP contribution in [0.15, 0.2) is 42.5 Å². The highest BCUT2D eigenvalue weighted by molar-refractivity contribution is 5.39. The van der Waals surface area contributed by atoms with Gasteiger partial charge in [0.15, 0.2) is 0 Å². The average Bonchev–Trinajstić information content (AvgIpc) is 2.83. The molecule has 3 nitrogen and oxygen atoms in total. The molecule has 170 valence electrons. The van der Waals surface area contributed by atoms with Gasteiger partial charge in [-0.2, -0.15) is 5.26 Å². The molecule has 1 atom stereocenters.